The molecule has 1 aromatic rings. The molecule has 0 spiro atoms. The molecule has 0 heterocycles. The molecule has 22 heavy (non-hydrogen) atoms. The molecule has 0 aromatic heterocycles. The van der Waals surface area contributed by atoms with E-state index in [2.05, 4.69) is 5.32 Å². The maximum Gasteiger partial charge on any atom is 0.303 e. The SMILES string of the molecule is CN(C)S(=O)(=O)NC(=O)/C=C\C(=O)Nc1cc(Cl)cc(Cl)c1. The van der Waals surface area contributed by atoms with Crippen molar-refractivity contribution in [1.82, 2.24) is 9.03 Å². The smallest absolute Gasteiger partial charge is 0.303 e. The van der Waals surface area contributed by atoms with Crippen molar-refractivity contribution in [3.05, 3.63) is 40.4 Å². The van der Waals surface area contributed by atoms with Crippen LogP contribution >= 0.6 is 23.2 Å². The zero-order chi connectivity index (χ0) is 16.9. The Morgan fingerprint density at radius 3 is 2.05 bits per heavy atom. The van der Waals surface area contributed by atoms with Gasteiger partial charge in [0.15, 0.2) is 0 Å². The zero-order valence-corrected chi connectivity index (χ0v) is 14.0. The van der Waals surface area contributed by atoms with Crippen molar-refractivity contribution in [3.8, 4) is 0 Å². The van der Waals surface area contributed by atoms with E-state index in [4.69, 9.17) is 23.2 Å². The van der Waals surface area contributed by atoms with Gasteiger partial charge in [-0.2, -0.15) is 12.7 Å². The molecule has 0 atom stereocenters. The maximum atomic E-state index is 11.6. The van der Waals surface area contributed by atoms with Gasteiger partial charge in [0, 0.05) is 42.0 Å². The number of hydrogen-bond donors (Lipinski definition) is 2. The maximum absolute atomic E-state index is 11.6. The number of halogens is 2. The molecule has 1 aromatic carbocycles. The van der Waals surface area contributed by atoms with E-state index in [0.29, 0.717) is 15.7 Å². The normalized spacial score (nSPS) is 11.7. The summed E-state index contributed by atoms with van der Waals surface area (Å²) in [7, 11) is -1.38. The van der Waals surface area contributed by atoms with Crippen molar-refractivity contribution in [2.75, 3.05) is 19.4 Å². The molecule has 0 radical (unpaired) electrons. The van der Waals surface area contributed by atoms with Crippen LogP contribution in [-0.4, -0.2) is 38.6 Å². The van der Waals surface area contributed by atoms with Gasteiger partial charge in [-0.25, -0.2) is 4.72 Å². The number of anilines is 1. The zero-order valence-electron chi connectivity index (χ0n) is 11.6. The van der Waals surface area contributed by atoms with Crippen molar-refractivity contribution in [1.29, 1.82) is 0 Å². The standard InChI is InChI=1S/C12H13Cl2N3O4S/c1-17(2)22(20,21)16-12(19)4-3-11(18)15-10-6-8(13)5-9(14)7-10/h3-7H,1-2H3,(H,15,18)(H,16,19)/b4-3-. The van der Waals surface area contributed by atoms with E-state index in [1.54, 1.807) is 4.72 Å². The topological polar surface area (TPSA) is 95.6 Å². The van der Waals surface area contributed by atoms with Gasteiger partial charge in [-0.15, -0.1) is 0 Å². The third-order valence-electron chi connectivity index (χ3n) is 2.23. The summed E-state index contributed by atoms with van der Waals surface area (Å²) >= 11 is 11.5. The predicted octanol–water partition coefficient (Wildman–Crippen LogP) is 1.41. The first-order valence-corrected chi connectivity index (χ1v) is 7.99. The fourth-order valence-corrected chi connectivity index (χ4v) is 2.24. The van der Waals surface area contributed by atoms with E-state index in [9.17, 15) is 18.0 Å². The van der Waals surface area contributed by atoms with Gasteiger partial charge in [0.2, 0.25) is 5.91 Å². The van der Waals surface area contributed by atoms with Crippen LogP contribution in [0, 0.1) is 0 Å². The summed E-state index contributed by atoms with van der Waals surface area (Å²) < 4.78 is 25.3. The number of carbonyl (C=O) groups excluding carboxylic acids is 2. The van der Waals surface area contributed by atoms with Crippen LogP contribution in [0.4, 0.5) is 5.69 Å². The Morgan fingerprint density at radius 1 is 1.05 bits per heavy atom. The highest BCUT2D eigenvalue weighted by molar-refractivity contribution is 7.87. The van der Waals surface area contributed by atoms with E-state index in [-0.39, 0.29) is 0 Å². The molecular weight excluding hydrogens is 353 g/mol. The molecule has 0 saturated carbocycles. The molecule has 0 aliphatic rings. The average molecular weight is 366 g/mol. The molecular formula is C12H13Cl2N3O4S. The Morgan fingerprint density at radius 2 is 1.55 bits per heavy atom. The lowest BCUT2D eigenvalue weighted by Gasteiger charge is -2.10. The summed E-state index contributed by atoms with van der Waals surface area (Å²) in [5.41, 5.74) is 0.341. The molecule has 0 bridgehead atoms. The first kappa shape index (κ1) is 18.4. The lowest BCUT2D eigenvalue weighted by Crippen LogP contribution is -2.38. The summed E-state index contributed by atoms with van der Waals surface area (Å²) in [4.78, 5) is 23.0. The Labute approximate surface area is 138 Å². The summed E-state index contributed by atoms with van der Waals surface area (Å²) in [5.74, 6) is -1.59. The number of nitrogens with zero attached hydrogens (tertiary/aromatic N) is 1. The highest BCUT2D eigenvalue weighted by Crippen LogP contribution is 2.22. The first-order chi connectivity index (χ1) is 10.1. The summed E-state index contributed by atoms with van der Waals surface area (Å²) in [6.07, 6.45) is 1.68. The molecule has 7 nitrogen and oxygen atoms in total. The minimum Gasteiger partial charge on any atom is -0.322 e. The van der Waals surface area contributed by atoms with Gasteiger partial charge in [0.1, 0.15) is 0 Å². The van der Waals surface area contributed by atoms with Crippen molar-refractivity contribution < 1.29 is 18.0 Å². The van der Waals surface area contributed by atoms with Crippen LogP contribution < -0.4 is 10.0 Å². The van der Waals surface area contributed by atoms with Gasteiger partial charge >= 0.3 is 10.2 Å². The highest BCUT2D eigenvalue weighted by atomic mass is 35.5. The molecule has 2 N–H and O–H groups in total. The minimum atomic E-state index is -3.90. The number of carbonyl (C=O) groups is 2. The molecule has 0 aliphatic heterocycles. The Balaban J connectivity index is 2.66. The molecule has 2 amide bonds. The van der Waals surface area contributed by atoms with Crippen LogP contribution in [0.25, 0.3) is 0 Å². The highest BCUT2D eigenvalue weighted by Gasteiger charge is 2.15. The molecule has 0 aliphatic carbocycles. The molecule has 1 rings (SSSR count). The molecule has 0 saturated heterocycles. The Bertz CT molecular complexity index is 697. The van der Waals surface area contributed by atoms with E-state index in [1.807, 2.05) is 0 Å². The van der Waals surface area contributed by atoms with E-state index in [1.165, 1.54) is 32.3 Å². The Hall–Kier alpha value is -1.61. The molecule has 0 unspecified atom stereocenters. The van der Waals surface area contributed by atoms with Crippen LogP contribution in [0.2, 0.25) is 10.0 Å². The van der Waals surface area contributed by atoms with Crippen LogP contribution in [0.5, 0.6) is 0 Å². The monoisotopic (exact) mass is 365 g/mol. The summed E-state index contributed by atoms with van der Waals surface area (Å²) in [6.45, 7) is 0. The van der Waals surface area contributed by atoms with Gasteiger partial charge in [-0.3, -0.25) is 9.59 Å². The van der Waals surface area contributed by atoms with Crippen molar-refractivity contribution in [3.63, 3.8) is 0 Å². The number of benzene rings is 1. The van der Waals surface area contributed by atoms with Gasteiger partial charge < -0.3 is 5.32 Å². The largest absolute Gasteiger partial charge is 0.322 e. The number of amides is 2. The molecule has 120 valence electrons. The van der Waals surface area contributed by atoms with Gasteiger partial charge in [-0.1, -0.05) is 23.2 Å². The predicted molar refractivity (Wildman–Crippen MR) is 85.0 cm³/mol. The number of rotatable bonds is 5. The van der Waals surface area contributed by atoms with Crippen molar-refractivity contribution >= 4 is 50.9 Å². The fourth-order valence-electron chi connectivity index (χ4n) is 1.21. The van der Waals surface area contributed by atoms with Crippen LogP contribution in [0.15, 0.2) is 30.4 Å². The van der Waals surface area contributed by atoms with E-state index >= 15 is 0 Å². The van der Waals surface area contributed by atoms with Crippen LogP contribution in [-0.2, 0) is 19.8 Å². The Kier molecular flexibility index (Phi) is 6.36. The average Bonchev–Trinajstić information content (AvgIpc) is 2.34. The second kappa shape index (κ2) is 7.59. The first-order valence-electron chi connectivity index (χ1n) is 5.79. The lowest BCUT2D eigenvalue weighted by atomic mass is 10.3. The number of nitrogens with one attached hydrogen (secondary N) is 2. The second-order valence-electron chi connectivity index (χ2n) is 4.23. The summed E-state index contributed by atoms with van der Waals surface area (Å²) in [5, 5.41) is 3.10. The van der Waals surface area contributed by atoms with Crippen molar-refractivity contribution in [2.24, 2.45) is 0 Å². The molecule has 0 fully saturated rings. The molecule has 10 heteroatoms. The quantitative estimate of drug-likeness (QED) is 0.771. The second-order valence-corrected chi connectivity index (χ2v) is 6.99. The third kappa shape index (κ3) is 6.02. The van der Waals surface area contributed by atoms with E-state index < -0.39 is 22.0 Å². The van der Waals surface area contributed by atoms with Crippen LogP contribution in [0.3, 0.4) is 0 Å². The minimum absolute atomic E-state index is 0.335. The lowest BCUT2D eigenvalue weighted by molar-refractivity contribution is -0.116. The summed E-state index contributed by atoms with van der Waals surface area (Å²) in [6, 6.07) is 4.43. The third-order valence-corrected chi connectivity index (χ3v) is 4.08. The number of hydrogen-bond acceptors (Lipinski definition) is 4. The van der Waals surface area contributed by atoms with E-state index in [0.717, 1.165) is 16.5 Å². The van der Waals surface area contributed by atoms with Gasteiger partial charge in [-0.05, 0) is 18.2 Å². The fraction of sp³-hybridized carbons (Fsp3) is 0.167. The van der Waals surface area contributed by atoms with Gasteiger partial charge in [0.05, 0.1) is 0 Å². The van der Waals surface area contributed by atoms with Crippen molar-refractivity contribution in [2.45, 2.75) is 0 Å². The van der Waals surface area contributed by atoms with Crippen LogP contribution in [0.1, 0.15) is 0 Å². The van der Waals surface area contributed by atoms with Gasteiger partial charge in [0.25, 0.3) is 5.91 Å².